The van der Waals surface area contributed by atoms with Gasteiger partial charge in [-0.15, -0.1) is 0 Å². The van der Waals surface area contributed by atoms with Crippen LogP contribution in [0.2, 0.25) is 0 Å². The van der Waals surface area contributed by atoms with Crippen LogP contribution in [0.5, 0.6) is 0 Å². The van der Waals surface area contributed by atoms with E-state index in [4.69, 9.17) is 14.2 Å². The second-order valence-corrected chi connectivity index (χ2v) is 17.0. The van der Waals surface area contributed by atoms with Crippen LogP contribution in [0.4, 0.5) is 0 Å². The Morgan fingerprint density at radius 2 is 0.930 bits per heavy atom. The highest BCUT2D eigenvalue weighted by atomic mass is 16.6. The Morgan fingerprint density at radius 3 is 1.40 bits per heavy atom. The molecule has 332 valence electrons. The topological polar surface area (TPSA) is 102 Å². The van der Waals surface area contributed by atoms with Gasteiger partial charge in [-0.3, -0.25) is 9.59 Å². The van der Waals surface area contributed by atoms with Crippen molar-refractivity contribution in [2.45, 2.75) is 219 Å². The standard InChI is InChI=1S/C49H89NO7/c1-6-8-10-12-14-16-18-20-22-23-24-26-28-30-32-34-36-38-40-48(52)57-45(43-55-42-41-46(49(53)54)50(3,4)5)44-56-47(51)39-37-35-33-31-29-27-25-21-19-17-15-13-11-9-7-2/h15,17,19,21,24,26,45-46H,6-14,16,18,20,22-23,25,27-44H2,1-5H3/b17-15+,21-19+,26-24+. The fraction of sp³-hybridized carbons (Fsp3) is 0.816. The summed E-state index contributed by atoms with van der Waals surface area (Å²) in [5.41, 5.74) is 0. The van der Waals surface area contributed by atoms with Crippen LogP contribution < -0.4 is 5.11 Å². The quantitative estimate of drug-likeness (QED) is 0.0199. The number of ether oxygens (including phenoxy) is 3. The minimum Gasteiger partial charge on any atom is -0.544 e. The predicted octanol–water partition coefficient (Wildman–Crippen LogP) is 11.7. The molecule has 8 heteroatoms. The van der Waals surface area contributed by atoms with E-state index >= 15 is 0 Å². The number of aliphatic carboxylic acids is 1. The summed E-state index contributed by atoms with van der Waals surface area (Å²) in [5.74, 6) is -1.76. The minimum atomic E-state index is -1.13. The average molecular weight is 804 g/mol. The van der Waals surface area contributed by atoms with E-state index in [9.17, 15) is 19.5 Å². The molecule has 2 atom stereocenters. The molecule has 0 rings (SSSR count). The Bertz CT molecular complexity index is 1030. The first-order valence-electron chi connectivity index (χ1n) is 23.5. The first-order valence-corrected chi connectivity index (χ1v) is 23.5. The lowest BCUT2D eigenvalue weighted by atomic mass is 10.1. The molecule has 0 aromatic heterocycles. The number of unbranched alkanes of at least 4 members (excludes halogenated alkanes) is 23. The van der Waals surface area contributed by atoms with Gasteiger partial charge < -0.3 is 28.6 Å². The average Bonchev–Trinajstić information content (AvgIpc) is 3.17. The highest BCUT2D eigenvalue weighted by Gasteiger charge is 2.25. The van der Waals surface area contributed by atoms with Crippen molar-refractivity contribution in [2.75, 3.05) is 41.0 Å². The zero-order chi connectivity index (χ0) is 42.1. The van der Waals surface area contributed by atoms with Crippen molar-refractivity contribution in [2.24, 2.45) is 0 Å². The lowest BCUT2D eigenvalue weighted by molar-refractivity contribution is -0.889. The van der Waals surface area contributed by atoms with Crippen molar-refractivity contribution in [1.29, 1.82) is 0 Å². The summed E-state index contributed by atoms with van der Waals surface area (Å²) in [5, 5.41) is 11.6. The van der Waals surface area contributed by atoms with E-state index in [2.05, 4.69) is 50.3 Å². The largest absolute Gasteiger partial charge is 0.544 e. The normalized spacial score (nSPS) is 13.2. The summed E-state index contributed by atoms with van der Waals surface area (Å²) in [6, 6.07) is -0.728. The molecule has 0 aliphatic heterocycles. The van der Waals surface area contributed by atoms with Gasteiger partial charge in [0.25, 0.3) is 0 Å². The molecule has 0 amide bonds. The molecule has 0 N–H and O–H groups in total. The van der Waals surface area contributed by atoms with Crippen molar-refractivity contribution >= 4 is 17.9 Å². The summed E-state index contributed by atoms with van der Waals surface area (Å²) in [7, 11) is 5.40. The van der Waals surface area contributed by atoms with Gasteiger partial charge in [-0.1, -0.05) is 159 Å². The van der Waals surface area contributed by atoms with Gasteiger partial charge in [0.1, 0.15) is 12.6 Å². The van der Waals surface area contributed by atoms with Gasteiger partial charge >= 0.3 is 11.9 Å². The molecule has 0 saturated carbocycles. The third-order valence-corrected chi connectivity index (χ3v) is 10.5. The summed E-state index contributed by atoms with van der Waals surface area (Å²) >= 11 is 0. The SMILES string of the molecule is CCCCC/C=C/C=C/CCCCCCCCC(=O)OCC(COCCC(C(=O)[O-])[N+](C)(C)C)OC(=O)CCCCCCC/C=C/CCCCCCCCCCC. The number of esters is 2. The van der Waals surface area contributed by atoms with Crippen molar-refractivity contribution in [3.8, 4) is 0 Å². The fourth-order valence-corrected chi connectivity index (χ4v) is 6.82. The number of carboxylic acids is 1. The first kappa shape index (κ1) is 54.6. The van der Waals surface area contributed by atoms with Gasteiger partial charge in [-0.05, 0) is 64.2 Å². The van der Waals surface area contributed by atoms with E-state index in [0.29, 0.717) is 12.8 Å². The second kappa shape index (κ2) is 40.3. The van der Waals surface area contributed by atoms with Crippen molar-refractivity contribution in [3.63, 3.8) is 0 Å². The first-order chi connectivity index (χ1) is 27.6. The van der Waals surface area contributed by atoms with Crippen molar-refractivity contribution < 1.29 is 38.2 Å². The number of likely N-dealkylation sites (N-methyl/N-ethyl adjacent to an activating group) is 1. The zero-order valence-electron chi connectivity index (χ0n) is 37.8. The van der Waals surface area contributed by atoms with Crippen LogP contribution >= 0.6 is 0 Å². The number of nitrogens with zero attached hydrogens (tertiary/aromatic N) is 1. The van der Waals surface area contributed by atoms with E-state index in [-0.39, 0.29) is 42.7 Å². The van der Waals surface area contributed by atoms with Crippen LogP contribution in [0, 0.1) is 0 Å². The smallest absolute Gasteiger partial charge is 0.306 e. The van der Waals surface area contributed by atoms with E-state index in [1.165, 1.54) is 109 Å². The Hall–Kier alpha value is -2.45. The van der Waals surface area contributed by atoms with Gasteiger partial charge in [0.05, 0.1) is 40.3 Å². The summed E-state index contributed by atoms with van der Waals surface area (Å²) in [6.07, 6.45) is 45.9. The lowest BCUT2D eigenvalue weighted by Crippen LogP contribution is -2.55. The van der Waals surface area contributed by atoms with Crippen LogP contribution in [-0.4, -0.2) is 75.5 Å². The molecule has 0 aliphatic rings. The molecule has 2 unspecified atom stereocenters. The highest BCUT2D eigenvalue weighted by molar-refractivity contribution is 5.70. The Balaban J connectivity index is 4.33. The molecule has 0 aliphatic carbocycles. The van der Waals surface area contributed by atoms with Crippen LogP contribution in [-0.2, 0) is 28.6 Å². The minimum absolute atomic E-state index is 0.0347. The molecule has 0 aromatic rings. The van der Waals surface area contributed by atoms with E-state index in [1.54, 1.807) is 21.1 Å². The van der Waals surface area contributed by atoms with Crippen molar-refractivity contribution in [1.82, 2.24) is 0 Å². The van der Waals surface area contributed by atoms with Gasteiger partial charge in [-0.25, -0.2) is 0 Å². The maximum Gasteiger partial charge on any atom is 0.306 e. The Morgan fingerprint density at radius 1 is 0.526 bits per heavy atom. The highest BCUT2D eigenvalue weighted by Crippen LogP contribution is 2.14. The molecule has 0 fully saturated rings. The van der Waals surface area contributed by atoms with Gasteiger partial charge in [0, 0.05) is 19.3 Å². The molecule has 57 heavy (non-hydrogen) atoms. The summed E-state index contributed by atoms with van der Waals surface area (Å²) in [6.45, 7) is 4.62. The van der Waals surface area contributed by atoms with Crippen molar-refractivity contribution in [3.05, 3.63) is 36.5 Å². The number of carbonyl (C=O) groups excluding carboxylic acids is 3. The number of quaternary nitrogens is 1. The zero-order valence-corrected chi connectivity index (χ0v) is 37.8. The molecule has 0 spiro atoms. The van der Waals surface area contributed by atoms with Crippen LogP contribution in [0.15, 0.2) is 36.5 Å². The molecule has 0 bridgehead atoms. The molecule has 0 heterocycles. The number of hydrogen-bond donors (Lipinski definition) is 0. The van der Waals surface area contributed by atoms with Crippen LogP contribution in [0.25, 0.3) is 0 Å². The maximum absolute atomic E-state index is 12.7. The molecule has 0 saturated heterocycles. The summed E-state index contributed by atoms with van der Waals surface area (Å²) < 4.78 is 17.2. The maximum atomic E-state index is 12.7. The van der Waals surface area contributed by atoms with Gasteiger partial charge in [-0.2, -0.15) is 0 Å². The van der Waals surface area contributed by atoms with Crippen LogP contribution in [0.1, 0.15) is 206 Å². The molecule has 0 aromatic carbocycles. The van der Waals surface area contributed by atoms with E-state index in [1.807, 2.05) is 0 Å². The van der Waals surface area contributed by atoms with E-state index < -0.39 is 18.1 Å². The van der Waals surface area contributed by atoms with Crippen LogP contribution in [0.3, 0.4) is 0 Å². The monoisotopic (exact) mass is 804 g/mol. The number of hydrogen-bond acceptors (Lipinski definition) is 7. The fourth-order valence-electron chi connectivity index (χ4n) is 6.82. The molecular formula is C49H89NO7. The molecular weight excluding hydrogens is 715 g/mol. The third-order valence-electron chi connectivity index (χ3n) is 10.5. The predicted molar refractivity (Wildman–Crippen MR) is 236 cm³/mol. The third kappa shape index (κ3) is 38.8. The lowest BCUT2D eigenvalue weighted by Gasteiger charge is -2.34. The number of carboxylic acid groups (broad SMARTS) is 1. The number of allylic oxidation sites excluding steroid dienone is 6. The summed E-state index contributed by atoms with van der Waals surface area (Å²) in [4.78, 5) is 36.9. The second-order valence-electron chi connectivity index (χ2n) is 17.0. The van der Waals surface area contributed by atoms with Gasteiger partial charge in [0.2, 0.25) is 0 Å². The molecule has 0 radical (unpaired) electrons. The number of rotatable bonds is 42. The van der Waals surface area contributed by atoms with E-state index in [0.717, 1.165) is 64.2 Å². The van der Waals surface area contributed by atoms with Gasteiger partial charge in [0.15, 0.2) is 6.10 Å². The Kier molecular flexibility index (Phi) is 38.6. The Labute approximate surface area is 351 Å². The number of carbonyl (C=O) groups is 3. The molecule has 8 nitrogen and oxygen atoms in total.